The number of ether oxygens (including phenoxy) is 2. The first-order valence-corrected chi connectivity index (χ1v) is 11.1. The summed E-state index contributed by atoms with van der Waals surface area (Å²) >= 11 is 0. The number of nitrogens with zero attached hydrogens (tertiary/aromatic N) is 1. The van der Waals surface area contributed by atoms with E-state index in [1.54, 1.807) is 53.7 Å². The molecule has 1 atom stereocenters. The molecule has 3 rings (SSSR count). The van der Waals surface area contributed by atoms with E-state index in [4.69, 9.17) is 14.3 Å². The zero-order valence-electron chi connectivity index (χ0n) is 20.4. The van der Waals surface area contributed by atoms with Crippen LogP contribution in [-0.2, 0) is 15.9 Å². The second-order valence-electron chi connectivity index (χ2n) is 10.00. The first-order chi connectivity index (χ1) is 15.8. The van der Waals surface area contributed by atoms with E-state index in [0.717, 1.165) is 15.9 Å². The van der Waals surface area contributed by atoms with Gasteiger partial charge in [-0.05, 0) is 77.3 Å². The van der Waals surface area contributed by atoms with E-state index in [9.17, 15) is 14.7 Å². The third kappa shape index (κ3) is 7.07. The van der Waals surface area contributed by atoms with Crippen molar-refractivity contribution in [3.8, 4) is 0 Å². The molecular weight excluding hydrogens is 436 g/mol. The minimum Gasteiger partial charge on any atom is -0.427 e. The molecule has 2 aromatic carbocycles. The number of anilines is 1. The summed E-state index contributed by atoms with van der Waals surface area (Å²) in [6.45, 7) is 10.4. The van der Waals surface area contributed by atoms with Crippen molar-refractivity contribution in [1.29, 1.82) is 0 Å². The smallest absolute Gasteiger partial charge is 0.427 e. The predicted molar refractivity (Wildman–Crippen MR) is 131 cm³/mol. The first kappa shape index (κ1) is 25.3. The zero-order valence-corrected chi connectivity index (χ0v) is 20.4. The van der Waals surface area contributed by atoms with Gasteiger partial charge in [0, 0.05) is 5.39 Å². The van der Waals surface area contributed by atoms with E-state index >= 15 is 0 Å². The average Bonchev–Trinajstić information content (AvgIpc) is 2.69. The molecule has 0 aliphatic carbocycles. The van der Waals surface area contributed by atoms with E-state index in [1.165, 1.54) is 0 Å². The number of hydrogen-bond donors (Lipinski definition) is 2. The minimum atomic E-state index is -1.45. The average molecular weight is 469 g/mol. The van der Waals surface area contributed by atoms with Crippen LogP contribution in [0.1, 0.15) is 52.7 Å². The van der Waals surface area contributed by atoms with E-state index in [1.807, 2.05) is 42.5 Å². The normalized spacial score (nSPS) is 12.9. The Morgan fingerprint density at radius 2 is 1.65 bits per heavy atom. The molecular formula is C26H32N2O6. The van der Waals surface area contributed by atoms with Gasteiger partial charge < -0.3 is 19.9 Å². The van der Waals surface area contributed by atoms with Crippen molar-refractivity contribution in [2.75, 3.05) is 5.32 Å². The van der Waals surface area contributed by atoms with E-state index in [0.29, 0.717) is 17.3 Å². The van der Waals surface area contributed by atoms with Gasteiger partial charge in [-0.1, -0.05) is 36.4 Å². The van der Waals surface area contributed by atoms with Gasteiger partial charge in [0.25, 0.3) is 0 Å². The Bertz CT molecular complexity index is 1210. The number of pyridine rings is 1. The van der Waals surface area contributed by atoms with Crippen LogP contribution in [0.25, 0.3) is 10.9 Å². The molecule has 0 saturated heterocycles. The van der Waals surface area contributed by atoms with Crippen molar-refractivity contribution in [2.24, 2.45) is 0 Å². The lowest BCUT2D eigenvalue weighted by Gasteiger charge is -2.25. The summed E-state index contributed by atoms with van der Waals surface area (Å²) in [7, 11) is 0. The topological polar surface area (TPSA) is 99.0 Å². The quantitative estimate of drug-likeness (QED) is 0.407. The van der Waals surface area contributed by atoms with Gasteiger partial charge >= 0.3 is 11.7 Å². The zero-order chi connectivity index (χ0) is 25.1. The summed E-state index contributed by atoms with van der Waals surface area (Å²) in [5.41, 5.74) is 0.385. The Morgan fingerprint density at radius 3 is 2.26 bits per heavy atom. The van der Waals surface area contributed by atoms with Gasteiger partial charge in [0.05, 0.1) is 11.1 Å². The summed E-state index contributed by atoms with van der Waals surface area (Å²) in [5, 5.41) is 13.6. The fourth-order valence-electron chi connectivity index (χ4n) is 3.32. The SMILES string of the molecule is CC(C)(C)OC(=O)On1c(=O)c(NC(O)OC(C)(C)C)cc2cc(Cc3ccccc3)ccc21. The van der Waals surface area contributed by atoms with E-state index in [2.05, 4.69) is 5.32 Å². The molecule has 8 nitrogen and oxygen atoms in total. The maximum Gasteiger partial charge on any atom is 0.534 e. The van der Waals surface area contributed by atoms with Gasteiger partial charge in [-0.25, -0.2) is 4.79 Å². The minimum absolute atomic E-state index is 0.00432. The molecule has 3 aromatic rings. The van der Waals surface area contributed by atoms with Crippen molar-refractivity contribution < 1.29 is 24.2 Å². The Morgan fingerprint density at radius 1 is 0.971 bits per heavy atom. The van der Waals surface area contributed by atoms with Crippen LogP contribution in [0.15, 0.2) is 59.4 Å². The van der Waals surface area contributed by atoms with Crippen LogP contribution in [0.3, 0.4) is 0 Å². The van der Waals surface area contributed by atoms with Crippen molar-refractivity contribution in [2.45, 2.75) is 65.6 Å². The van der Waals surface area contributed by atoms with Crippen molar-refractivity contribution in [3.63, 3.8) is 0 Å². The second kappa shape index (κ2) is 9.87. The molecule has 34 heavy (non-hydrogen) atoms. The molecule has 0 radical (unpaired) electrons. The van der Waals surface area contributed by atoms with Crippen molar-refractivity contribution in [1.82, 2.24) is 4.73 Å². The van der Waals surface area contributed by atoms with Crippen LogP contribution in [-0.4, -0.2) is 33.6 Å². The molecule has 8 heteroatoms. The largest absolute Gasteiger partial charge is 0.534 e. The van der Waals surface area contributed by atoms with Crippen molar-refractivity contribution in [3.05, 3.63) is 76.1 Å². The van der Waals surface area contributed by atoms with Crippen LogP contribution in [0.5, 0.6) is 0 Å². The van der Waals surface area contributed by atoms with Crippen LogP contribution < -0.4 is 15.7 Å². The number of nitrogens with one attached hydrogen (secondary N) is 1. The fraction of sp³-hybridized carbons (Fsp3) is 0.385. The molecule has 0 saturated carbocycles. The number of aliphatic hydroxyl groups excluding tert-OH is 1. The number of carbonyl (C=O) groups excluding carboxylic acids is 1. The highest BCUT2D eigenvalue weighted by Crippen LogP contribution is 2.21. The van der Waals surface area contributed by atoms with Gasteiger partial charge in [-0.15, -0.1) is 4.73 Å². The van der Waals surface area contributed by atoms with Gasteiger partial charge in [0.1, 0.15) is 11.3 Å². The third-order valence-corrected chi connectivity index (χ3v) is 4.58. The van der Waals surface area contributed by atoms with Crippen molar-refractivity contribution >= 4 is 22.7 Å². The lowest BCUT2D eigenvalue weighted by atomic mass is 10.0. The highest BCUT2D eigenvalue weighted by Gasteiger charge is 2.22. The molecule has 0 spiro atoms. The third-order valence-electron chi connectivity index (χ3n) is 4.58. The number of aromatic nitrogens is 1. The van der Waals surface area contributed by atoms with Gasteiger partial charge in [-0.3, -0.25) is 9.63 Å². The van der Waals surface area contributed by atoms with Crippen LogP contribution in [0.2, 0.25) is 0 Å². The number of fused-ring (bicyclic) bond motifs is 1. The molecule has 0 bridgehead atoms. The molecule has 0 aliphatic rings. The van der Waals surface area contributed by atoms with Gasteiger partial charge in [-0.2, -0.15) is 0 Å². The molecule has 182 valence electrons. The fourth-order valence-corrected chi connectivity index (χ4v) is 3.32. The van der Waals surface area contributed by atoms with Crippen LogP contribution in [0.4, 0.5) is 10.5 Å². The summed E-state index contributed by atoms with van der Waals surface area (Å²) < 4.78 is 11.5. The number of benzene rings is 2. The highest BCUT2D eigenvalue weighted by molar-refractivity contribution is 5.83. The molecule has 0 aliphatic heterocycles. The Balaban J connectivity index is 2.03. The summed E-state index contributed by atoms with van der Waals surface area (Å²) in [4.78, 5) is 30.8. The molecule has 1 heterocycles. The number of carbonyl (C=O) groups is 1. The van der Waals surface area contributed by atoms with Crippen LogP contribution in [0, 0.1) is 0 Å². The number of hydrogen-bond acceptors (Lipinski definition) is 7. The van der Waals surface area contributed by atoms with Gasteiger partial charge in [0.2, 0.25) is 6.41 Å². The molecule has 1 aromatic heterocycles. The molecule has 2 N–H and O–H groups in total. The molecule has 1 unspecified atom stereocenters. The predicted octanol–water partition coefficient (Wildman–Crippen LogP) is 4.46. The molecule has 0 fully saturated rings. The monoisotopic (exact) mass is 468 g/mol. The summed E-state index contributed by atoms with van der Waals surface area (Å²) in [5.74, 6) is 0. The Labute approximate surface area is 199 Å². The summed E-state index contributed by atoms with van der Waals surface area (Å²) in [6.07, 6.45) is -1.79. The maximum atomic E-state index is 13.2. The lowest BCUT2D eigenvalue weighted by molar-refractivity contribution is -0.148. The standard InChI is InChI=1S/C26H32N2O6/c1-25(2,3)32-23(30)27-20-16-19-15-18(14-17-10-8-7-9-11-17)12-13-21(19)28(22(20)29)34-24(31)33-26(4,5)6/h7-13,15-16,23,27,30H,14H2,1-6H3. The number of rotatable bonds is 6. The summed E-state index contributed by atoms with van der Waals surface area (Å²) in [6, 6.07) is 17.0. The van der Waals surface area contributed by atoms with Gasteiger partial charge in [0.15, 0.2) is 0 Å². The van der Waals surface area contributed by atoms with Crippen LogP contribution >= 0.6 is 0 Å². The molecule has 0 amide bonds. The highest BCUT2D eigenvalue weighted by atomic mass is 16.8. The van der Waals surface area contributed by atoms with E-state index < -0.39 is 29.3 Å². The lowest BCUT2D eigenvalue weighted by Crippen LogP contribution is -2.38. The van der Waals surface area contributed by atoms with E-state index in [-0.39, 0.29) is 5.69 Å². The first-order valence-electron chi connectivity index (χ1n) is 11.1. The Kier molecular flexibility index (Phi) is 7.33. The second-order valence-corrected chi connectivity index (χ2v) is 10.00. The number of aliphatic hydroxyl groups is 1. The maximum absolute atomic E-state index is 13.2. The Hall–Kier alpha value is -3.36.